The van der Waals surface area contributed by atoms with Gasteiger partial charge in [0, 0.05) is 6.54 Å². The van der Waals surface area contributed by atoms with Gasteiger partial charge in [0.05, 0.1) is 11.5 Å². The first-order valence-corrected chi connectivity index (χ1v) is 8.76. The molecule has 1 aromatic carbocycles. The lowest BCUT2D eigenvalue weighted by Crippen LogP contribution is -2.42. The van der Waals surface area contributed by atoms with E-state index in [9.17, 15) is 13.2 Å². The Labute approximate surface area is 132 Å². The first kappa shape index (κ1) is 18.6. The third kappa shape index (κ3) is 5.40. The Balaban J connectivity index is 2.95. The van der Waals surface area contributed by atoms with Gasteiger partial charge in [-0.3, -0.25) is 4.79 Å². The third-order valence-electron chi connectivity index (χ3n) is 3.04. The highest BCUT2D eigenvalue weighted by atomic mass is 32.2. The van der Waals surface area contributed by atoms with Crippen LogP contribution in [0.25, 0.3) is 0 Å². The molecular formula is C15H24N2O4S. The number of carbonyl (C=O) groups is 1. The number of hydrogen-bond donors (Lipinski definition) is 2. The molecule has 0 bridgehead atoms. The quantitative estimate of drug-likeness (QED) is 0.703. The summed E-state index contributed by atoms with van der Waals surface area (Å²) in [5.41, 5.74) is 6.33. The zero-order valence-electron chi connectivity index (χ0n) is 13.2. The Morgan fingerprint density at radius 3 is 2.32 bits per heavy atom. The van der Waals surface area contributed by atoms with Crippen LogP contribution < -0.4 is 10.5 Å². The normalized spacial score (nSPS) is 13.1. The van der Waals surface area contributed by atoms with Crippen LogP contribution in [0.15, 0.2) is 29.2 Å². The summed E-state index contributed by atoms with van der Waals surface area (Å²) < 4.78 is 32.1. The zero-order valence-corrected chi connectivity index (χ0v) is 14.0. The van der Waals surface area contributed by atoms with E-state index in [-0.39, 0.29) is 17.4 Å². The summed E-state index contributed by atoms with van der Waals surface area (Å²) in [7, 11) is -3.79. The molecule has 22 heavy (non-hydrogen) atoms. The molecule has 0 amide bonds. The molecule has 0 saturated carbocycles. The van der Waals surface area contributed by atoms with Crippen LogP contribution in [0.2, 0.25) is 0 Å². The zero-order chi connectivity index (χ0) is 16.8. The maximum atomic E-state index is 12.4. The van der Waals surface area contributed by atoms with Crippen LogP contribution in [0, 0.1) is 5.92 Å². The predicted molar refractivity (Wildman–Crippen MR) is 84.5 cm³/mol. The lowest BCUT2D eigenvalue weighted by atomic mass is 10.1. The molecule has 0 spiro atoms. The average molecular weight is 328 g/mol. The van der Waals surface area contributed by atoms with Gasteiger partial charge in [-0.25, -0.2) is 8.42 Å². The lowest BCUT2D eigenvalue weighted by Gasteiger charge is -2.19. The summed E-state index contributed by atoms with van der Waals surface area (Å²) in [6, 6.07) is 5.36. The second-order valence-corrected chi connectivity index (χ2v) is 7.12. The molecule has 0 aliphatic carbocycles. The number of nitrogens with two attached hydrogens (primary N) is 1. The number of benzene rings is 1. The van der Waals surface area contributed by atoms with Crippen molar-refractivity contribution in [1.29, 1.82) is 0 Å². The molecule has 6 nitrogen and oxygen atoms in total. The van der Waals surface area contributed by atoms with Crippen LogP contribution in [0.3, 0.4) is 0 Å². The molecule has 3 N–H and O–H groups in total. The summed E-state index contributed by atoms with van der Waals surface area (Å²) in [5.74, 6) is -0.407. The summed E-state index contributed by atoms with van der Waals surface area (Å²) >= 11 is 0. The van der Waals surface area contributed by atoms with E-state index in [1.165, 1.54) is 12.1 Å². The van der Waals surface area contributed by atoms with Crippen molar-refractivity contribution < 1.29 is 17.9 Å². The molecule has 0 heterocycles. The number of esters is 1. The van der Waals surface area contributed by atoms with E-state index >= 15 is 0 Å². The van der Waals surface area contributed by atoms with E-state index in [1.54, 1.807) is 19.1 Å². The summed E-state index contributed by atoms with van der Waals surface area (Å²) in [4.78, 5) is 12.0. The minimum atomic E-state index is -3.79. The van der Waals surface area contributed by atoms with Gasteiger partial charge in [-0.15, -0.1) is 0 Å². The number of nitrogens with one attached hydrogen (secondary N) is 1. The van der Waals surface area contributed by atoms with E-state index in [0.717, 1.165) is 5.56 Å². The fourth-order valence-electron chi connectivity index (χ4n) is 1.97. The molecule has 7 heteroatoms. The van der Waals surface area contributed by atoms with Crippen molar-refractivity contribution in [2.75, 3.05) is 6.61 Å². The van der Waals surface area contributed by atoms with Gasteiger partial charge >= 0.3 is 5.97 Å². The minimum absolute atomic E-state index is 0.0998. The van der Waals surface area contributed by atoms with Crippen LogP contribution in [0.5, 0.6) is 0 Å². The monoisotopic (exact) mass is 328 g/mol. The van der Waals surface area contributed by atoms with E-state index in [4.69, 9.17) is 10.5 Å². The standard InChI is InChI=1S/C15H24N2O4S/c1-4-21-15(18)14(9-11(2)3)17-22(19,20)13-7-5-12(10-16)6-8-13/h5-8,11,14,17H,4,9-10,16H2,1-3H3/t14-/m0/s1. The van der Waals surface area contributed by atoms with Gasteiger partial charge in [0.1, 0.15) is 6.04 Å². The molecule has 1 atom stereocenters. The van der Waals surface area contributed by atoms with Gasteiger partial charge in [-0.05, 0) is 37.0 Å². The Kier molecular flexibility index (Phi) is 6.99. The molecule has 0 aliphatic rings. The van der Waals surface area contributed by atoms with Crippen LogP contribution in [0.4, 0.5) is 0 Å². The number of hydrogen-bond acceptors (Lipinski definition) is 5. The van der Waals surface area contributed by atoms with Crippen molar-refractivity contribution in [2.45, 2.75) is 44.7 Å². The van der Waals surface area contributed by atoms with Crippen molar-refractivity contribution >= 4 is 16.0 Å². The van der Waals surface area contributed by atoms with Crippen molar-refractivity contribution in [2.24, 2.45) is 11.7 Å². The van der Waals surface area contributed by atoms with Crippen molar-refractivity contribution in [1.82, 2.24) is 4.72 Å². The second-order valence-electron chi connectivity index (χ2n) is 5.40. The highest BCUT2D eigenvalue weighted by molar-refractivity contribution is 7.89. The van der Waals surface area contributed by atoms with Crippen molar-refractivity contribution in [3.8, 4) is 0 Å². The molecule has 124 valence electrons. The summed E-state index contributed by atoms with van der Waals surface area (Å²) in [6.07, 6.45) is 0.374. The minimum Gasteiger partial charge on any atom is -0.465 e. The first-order valence-electron chi connectivity index (χ1n) is 7.28. The van der Waals surface area contributed by atoms with Crippen LogP contribution in [0.1, 0.15) is 32.8 Å². The smallest absolute Gasteiger partial charge is 0.324 e. The Bertz CT molecular complexity index is 582. The van der Waals surface area contributed by atoms with Crippen LogP contribution >= 0.6 is 0 Å². The number of ether oxygens (including phenoxy) is 1. The van der Waals surface area contributed by atoms with Gasteiger partial charge in [-0.2, -0.15) is 4.72 Å². The van der Waals surface area contributed by atoms with Crippen molar-refractivity contribution in [3.05, 3.63) is 29.8 Å². The van der Waals surface area contributed by atoms with E-state index in [0.29, 0.717) is 13.0 Å². The summed E-state index contributed by atoms with van der Waals surface area (Å²) in [6.45, 7) is 6.06. The molecule has 1 aromatic rings. The Morgan fingerprint density at radius 1 is 1.27 bits per heavy atom. The maximum Gasteiger partial charge on any atom is 0.324 e. The van der Waals surface area contributed by atoms with Crippen LogP contribution in [-0.4, -0.2) is 27.0 Å². The fourth-order valence-corrected chi connectivity index (χ4v) is 3.16. The molecule has 1 rings (SSSR count). The van der Waals surface area contributed by atoms with E-state index in [1.807, 2.05) is 13.8 Å². The highest BCUT2D eigenvalue weighted by Crippen LogP contribution is 2.14. The SMILES string of the molecule is CCOC(=O)[C@H](CC(C)C)NS(=O)(=O)c1ccc(CN)cc1. The van der Waals surface area contributed by atoms with Gasteiger partial charge in [0.15, 0.2) is 0 Å². The van der Waals surface area contributed by atoms with Gasteiger partial charge in [0.2, 0.25) is 10.0 Å². The fraction of sp³-hybridized carbons (Fsp3) is 0.533. The Hall–Kier alpha value is -1.44. The maximum absolute atomic E-state index is 12.4. The predicted octanol–water partition coefficient (Wildman–Crippen LogP) is 1.40. The topological polar surface area (TPSA) is 98.5 Å². The molecule has 0 aliphatic heterocycles. The Morgan fingerprint density at radius 2 is 1.86 bits per heavy atom. The number of carbonyl (C=O) groups excluding carboxylic acids is 1. The third-order valence-corrected chi connectivity index (χ3v) is 4.53. The van der Waals surface area contributed by atoms with E-state index in [2.05, 4.69) is 4.72 Å². The highest BCUT2D eigenvalue weighted by Gasteiger charge is 2.27. The lowest BCUT2D eigenvalue weighted by molar-refractivity contribution is -0.145. The van der Waals surface area contributed by atoms with Gasteiger partial charge in [0.25, 0.3) is 0 Å². The molecule has 0 saturated heterocycles. The number of sulfonamides is 1. The second kappa shape index (κ2) is 8.26. The van der Waals surface area contributed by atoms with E-state index < -0.39 is 22.0 Å². The summed E-state index contributed by atoms with van der Waals surface area (Å²) in [5, 5.41) is 0. The molecule has 0 aromatic heterocycles. The van der Waals surface area contributed by atoms with Crippen LogP contribution in [-0.2, 0) is 26.1 Å². The molecular weight excluding hydrogens is 304 g/mol. The van der Waals surface area contributed by atoms with Crippen molar-refractivity contribution in [3.63, 3.8) is 0 Å². The first-order chi connectivity index (χ1) is 10.3. The van der Waals surface area contributed by atoms with Gasteiger partial charge < -0.3 is 10.5 Å². The molecule has 0 unspecified atom stereocenters. The average Bonchev–Trinajstić information content (AvgIpc) is 2.46. The largest absolute Gasteiger partial charge is 0.465 e. The molecule has 0 radical (unpaired) electrons. The van der Waals surface area contributed by atoms with Gasteiger partial charge in [-0.1, -0.05) is 26.0 Å². The number of rotatable bonds is 8. The molecule has 0 fully saturated rings.